The van der Waals surface area contributed by atoms with E-state index in [-0.39, 0.29) is 11.1 Å². The van der Waals surface area contributed by atoms with Gasteiger partial charge in [0, 0.05) is 12.1 Å². The Bertz CT molecular complexity index is 968. The third-order valence-electron chi connectivity index (χ3n) is 3.52. The summed E-state index contributed by atoms with van der Waals surface area (Å²) in [6.07, 6.45) is 4.79. The summed E-state index contributed by atoms with van der Waals surface area (Å²) in [5, 5.41) is 11.1. The van der Waals surface area contributed by atoms with Gasteiger partial charge in [-0.25, -0.2) is 0 Å². The summed E-state index contributed by atoms with van der Waals surface area (Å²) >= 11 is 0. The van der Waals surface area contributed by atoms with Gasteiger partial charge in [-0.2, -0.15) is 0 Å². The van der Waals surface area contributed by atoms with Gasteiger partial charge in [0.05, 0.1) is 15.9 Å². The molecule has 0 aliphatic carbocycles. The number of hydrogen-bond acceptors (Lipinski definition) is 4. The zero-order chi connectivity index (χ0) is 16.4. The van der Waals surface area contributed by atoms with Crippen molar-refractivity contribution in [2.45, 2.75) is 6.92 Å². The highest BCUT2D eigenvalue weighted by molar-refractivity contribution is 5.81. The van der Waals surface area contributed by atoms with Crippen LogP contribution in [-0.4, -0.2) is 4.92 Å². The molecule has 1 aromatic heterocycles. The van der Waals surface area contributed by atoms with Gasteiger partial charge < -0.3 is 4.42 Å². The molecule has 1 heterocycles. The number of aryl methyl sites for hydroxylation is 1. The van der Waals surface area contributed by atoms with E-state index in [1.807, 2.05) is 19.1 Å². The number of benzene rings is 2. The first kappa shape index (κ1) is 14.7. The van der Waals surface area contributed by atoms with Crippen LogP contribution in [0.1, 0.15) is 16.7 Å². The molecule has 0 amide bonds. The molecule has 0 spiro atoms. The molecule has 114 valence electrons. The monoisotopic (exact) mass is 307 g/mol. The lowest BCUT2D eigenvalue weighted by Gasteiger charge is -2.00. The summed E-state index contributed by atoms with van der Waals surface area (Å²) in [6, 6.07) is 11.5. The smallest absolute Gasteiger partial charge is 0.269 e. The molecule has 2 aromatic carbocycles. The van der Waals surface area contributed by atoms with Crippen LogP contribution in [0.2, 0.25) is 0 Å². The van der Waals surface area contributed by atoms with E-state index in [4.69, 9.17) is 4.42 Å². The van der Waals surface area contributed by atoms with E-state index < -0.39 is 4.92 Å². The van der Waals surface area contributed by atoms with E-state index in [0.29, 0.717) is 16.5 Å². The standard InChI is InChI=1S/C18H13NO4/c1-12-2-9-16-17(10-12)23-11-14(18(16)20)6-3-13-4-7-15(8-5-13)19(21)22/h2-11H,1H3/b6-3-. The van der Waals surface area contributed by atoms with Gasteiger partial charge >= 0.3 is 0 Å². The molecular weight excluding hydrogens is 294 g/mol. The van der Waals surface area contributed by atoms with Crippen molar-refractivity contribution in [1.29, 1.82) is 0 Å². The average molecular weight is 307 g/mol. The number of nitro groups is 1. The molecule has 0 aliphatic rings. The van der Waals surface area contributed by atoms with Crippen LogP contribution in [0.4, 0.5) is 5.69 Å². The summed E-state index contributed by atoms with van der Waals surface area (Å²) in [5.74, 6) is 0. The number of rotatable bonds is 3. The maximum absolute atomic E-state index is 12.4. The summed E-state index contributed by atoms with van der Waals surface area (Å²) in [7, 11) is 0. The lowest BCUT2D eigenvalue weighted by Crippen LogP contribution is -2.04. The molecular formula is C18H13NO4. The van der Waals surface area contributed by atoms with Crippen molar-refractivity contribution in [2.24, 2.45) is 0 Å². The molecule has 0 fully saturated rings. The maximum Gasteiger partial charge on any atom is 0.269 e. The lowest BCUT2D eigenvalue weighted by atomic mass is 10.1. The molecule has 23 heavy (non-hydrogen) atoms. The zero-order valence-electron chi connectivity index (χ0n) is 12.4. The first-order valence-corrected chi connectivity index (χ1v) is 6.99. The van der Waals surface area contributed by atoms with Crippen LogP contribution in [-0.2, 0) is 0 Å². The molecule has 0 saturated carbocycles. The molecule has 3 aromatic rings. The normalized spacial score (nSPS) is 11.2. The average Bonchev–Trinajstić information content (AvgIpc) is 2.54. The van der Waals surface area contributed by atoms with E-state index in [2.05, 4.69) is 0 Å². The van der Waals surface area contributed by atoms with Crippen LogP contribution in [0.15, 0.2) is 57.9 Å². The maximum atomic E-state index is 12.4. The Kier molecular flexibility index (Phi) is 3.76. The summed E-state index contributed by atoms with van der Waals surface area (Å²) in [5.41, 5.74) is 2.70. The number of hydrogen-bond donors (Lipinski definition) is 0. The summed E-state index contributed by atoms with van der Waals surface area (Å²) in [4.78, 5) is 22.6. The van der Waals surface area contributed by atoms with Crippen molar-refractivity contribution < 1.29 is 9.34 Å². The van der Waals surface area contributed by atoms with Crippen molar-refractivity contribution >= 4 is 28.8 Å². The molecule has 0 aliphatic heterocycles. The van der Waals surface area contributed by atoms with Crippen LogP contribution in [0.25, 0.3) is 23.1 Å². The molecule has 0 bridgehead atoms. The predicted octanol–water partition coefficient (Wildman–Crippen LogP) is 4.18. The minimum absolute atomic E-state index is 0.0303. The SMILES string of the molecule is Cc1ccc2c(=O)c(/C=C\c3ccc([N+](=O)[O-])cc3)coc2c1. The molecule has 0 unspecified atom stereocenters. The fraction of sp³-hybridized carbons (Fsp3) is 0.0556. The van der Waals surface area contributed by atoms with Gasteiger partial charge in [-0.1, -0.05) is 12.1 Å². The Hall–Kier alpha value is -3.21. The number of nitro benzene ring substituents is 1. The van der Waals surface area contributed by atoms with Crippen molar-refractivity contribution in [3.05, 3.63) is 85.8 Å². The zero-order valence-corrected chi connectivity index (χ0v) is 12.4. The second-order valence-corrected chi connectivity index (χ2v) is 5.20. The first-order chi connectivity index (χ1) is 11.0. The van der Waals surface area contributed by atoms with Crippen LogP contribution in [0.5, 0.6) is 0 Å². The highest BCUT2D eigenvalue weighted by Crippen LogP contribution is 2.16. The minimum Gasteiger partial charge on any atom is -0.463 e. The van der Waals surface area contributed by atoms with E-state index in [1.165, 1.54) is 18.4 Å². The minimum atomic E-state index is -0.451. The molecule has 0 N–H and O–H groups in total. The predicted molar refractivity (Wildman–Crippen MR) is 89.2 cm³/mol. The van der Waals surface area contributed by atoms with Crippen molar-refractivity contribution in [1.82, 2.24) is 0 Å². The molecule has 0 saturated heterocycles. The van der Waals surface area contributed by atoms with Crippen molar-refractivity contribution in [3.63, 3.8) is 0 Å². The van der Waals surface area contributed by atoms with Gasteiger partial charge in [0.2, 0.25) is 0 Å². The Balaban J connectivity index is 1.94. The number of fused-ring (bicyclic) bond motifs is 1. The highest BCUT2D eigenvalue weighted by Gasteiger charge is 2.05. The second kappa shape index (κ2) is 5.88. The van der Waals surface area contributed by atoms with Gasteiger partial charge in [-0.3, -0.25) is 14.9 Å². The van der Waals surface area contributed by atoms with Crippen LogP contribution < -0.4 is 5.43 Å². The van der Waals surface area contributed by atoms with E-state index in [1.54, 1.807) is 30.4 Å². The van der Waals surface area contributed by atoms with Gasteiger partial charge in [0.25, 0.3) is 5.69 Å². The first-order valence-electron chi connectivity index (χ1n) is 6.99. The van der Waals surface area contributed by atoms with Crippen molar-refractivity contribution in [3.8, 4) is 0 Å². The van der Waals surface area contributed by atoms with Crippen LogP contribution in [0.3, 0.4) is 0 Å². The highest BCUT2D eigenvalue weighted by atomic mass is 16.6. The number of non-ortho nitro benzene ring substituents is 1. The fourth-order valence-electron chi connectivity index (χ4n) is 2.26. The van der Waals surface area contributed by atoms with Crippen LogP contribution in [0, 0.1) is 17.0 Å². The van der Waals surface area contributed by atoms with Gasteiger partial charge in [-0.15, -0.1) is 0 Å². The van der Waals surface area contributed by atoms with E-state index >= 15 is 0 Å². The number of nitrogens with zero attached hydrogens (tertiary/aromatic N) is 1. The van der Waals surface area contributed by atoms with E-state index in [0.717, 1.165) is 11.1 Å². The third-order valence-corrected chi connectivity index (χ3v) is 3.52. The molecule has 5 heteroatoms. The van der Waals surface area contributed by atoms with Gasteiger partial charge in [0.1, 0.15) is 11.8 Å². The quantitative estimate of drug-likeness (QED) is 0.537. The van der Waals surface area contributed by atoms with Gasteiger partial charge in [0.15, 0.2) is 5.43 Å². The largest absolute Gasteiger partial charge is 0.463 e. The fourth-order valence-corrected chi connectivity index (χ4v) is 2.26. The summed E-state index contributed by atoms with van der Waals surface area (Å²) < 4.78 is 5.50. The van der Waals surface area contributed by atoms with Gasteiger partial charge in [-0.05, 0) is 48.4 Å². The lowest BCUT2D eigenvalue weighted by molar-refractivity contribution is -0.384. The van der Waals surface area contributed by atoms with Crippen LogP contribution >= 0.6 is 0 Å². The van der Waals surface area contributed by atoms with Crippen molar-refractivity contribution in [2.75, 3.05) is 0 Å². The second-order valence-electron chi connectivity index (χ2n) is 5.20. The molecule has 0 atom stereocenters. The Labute approximate surface area is 131 Å². The van der Waals surface area contributed by atoms with E-state index in [9.17, 15) is 14.9 Å². The molecule has 3 rings (SSSR count). The topological polar surface area (TPSA) is 73.3 Å². The summed E-state index contributed by atoms with van der Waals surface area (Å²) in [6.45, 7) is 1.93. The Morgan fingerprint density at radius 2 is 1.83 bits per heavy atom. The Morgan fingerprint density at radius 1 is 1.09 bits per heavy atom. The molecule has 5 nitrogen and oxygen atoms in total. The molecule has 0 radical (unpaired) electrons. The Morgan fingerprint density at radius 3 is 2.52 bits per heavy atom. The third kappa shape index (κ3) is 3.03.